The minimum Gasteiger partial charge on any atom is -0.481 e. The Balaban J connectivity index is 1.96. The van der Waals surface area contributed by atoms with E-state index in [0.29, 0.717) is 31.0 Å². The van der Waals surface area contributed by atoms with Crippen LogP contribution in [0.4, 0.5) is 8.78 Å². The molecule has 0 fully saturated rings. The van der Waals surface area contributed by atoms with Crippen LogP contribution in [0.3, 0.4) is 0 Å². The molecule has 0 saturated heterocycles. The Labute approximate surface area is 125 Å². The Hall–Kier alpha value is -1.57. The molecule has 7 heteroatoms. The molecule has 0 aliphatic rings. The first-order valence-electron chi connectivity index (χ1n) is 6.38. The van der Waals surface area contributed by atoms with Crippen LogP contribution in [0.15, 0.2) is 23.0 Å². The summed E-state index contributed by atoms with van der Waals surface area (Å²) in [6, 6.07) is 2.53. The number of thiazole rings is 1. The first-order chi connectivity index (χ1) is 10.2. The van der Waals surface area contributed by atoms with Gasteiger partial charge in [-0.1, -0.05) is 0 Å². The Bertz CT molecular complexity index is 541. The minimum atomic E-state index is -0.714. The van der Waals surface area contributed by atoms with Crippen molar-refractivity contribution in [2.45, 2.75) is 13.2 Å². The molecule has 0 amide bonds. The number of rotatable bonds is 8. The molecular weight excluding hydrogens is 298 g/mol. The zero-order chi connectivity index (χ0) is 15.1. The number of ether oxygens (including phenoxy) is 2. The lowest BCUT2D eigenvalue weighted by Gasteiger charge is -2.10. The molecule has 0 spiro atoms. The van der Waals surface area contributed by atoms with Crippen LogP contribution in [0, 0.1) is 11.6 Å². The van der Waals surface area contributed by atoms with Crippen molar-refractivity contribution >= 4 is 11.3 Å². The van der Waals surface area contributed by atoms with Gasteiger partial charge in [-0.25, -0.2) is 13.8 Å². The van der Waals surface area contributed by atoms with Crippen LogP contribution in [0.2, 0.25) is 0 Å². The monoisotopic (exact) mass is 314 g/mol. The molecule has 1 heterocycles. The third-order valence-electron chi connectivity index (χ3n) is 2.72. The third-order valence-corrected chi connectivity index (χ3v) is 3.35. The lowest BCUT2D eigenvalue weighted by molar-refractivity contribution is 0.199. The predicted octanol–water partition coefficient (Wildman–Crippen LogP) is 2.74. The topological polar surface area (TPSA) is 43.4 Å². The van der Waals surface area contributed by atoms with E-state index < -0.39 is 11.6 Å². The van der Waals surface area contributed by atoms with Crippen LogP contribution in [-0.2, 0) is 17.9 Å². The van der Waals surface area contributed by atoms with Crippen molar-refractivity contribution in [3.8, 4) is 5.75 Å². The maximum atomic E-state index is 13.9. The highest BCUT2D eigenvalue weighted by molar-refractivity contribution is 7.07. The zero-order valence-corrected chi connectivity index (χ0v) is 12.4. The van der Waals surface area contributed by atoms with Gasteiger partial charge in [0.15, 0.2) is 17.4 Å². The minimum absolute atomic E-state index is 0.0444. The molecule has 1 N–H and O–H groups in total. The second kappa shape index (κ2) is 8.02. The summed E-state index contributed by atoms with van der Waals surface area (Å²) in [5.74, 6) is -1.80. The van der Waals surface area contributed by atoms with E-state index in [1.165, 1.54) is 23.5 Å². The molecule has 1 aromatic carbocycles. The molecule has 21 heavy (non-hydrogen) atoms. The number of aromatic nitrogens is 1. The largest absolute Gasteiger partial charge is 0.481 e. The number of methoxy groups -OCH3 is 1. The highest BCUT2D eigenvalue weighted by atomic mass is 32.1. The lowest BCUT2D eigenvalue weighted by atomic mass is 10.2. The van der Waals surface area contributed by atoms with E-state index in [4.69, 9.17) is 9.47 Å². The van der Waals surface area contributed by atoms with Crippen LogP contribution in [-0.4, -0.2) is 25.2 Å². The SMILES string of the molecule is COCCNCc1cc(F)c(OCc2cscn2)c(F)c1. The standard InChI is InChI=1S/C14H16F2N2O2S/c1-19-3-2-17-6-10-4-12(15)14(13(16)5-10)20-7-11-8-21-9-18-11/h4-5,8-9,17H,2-3,6-7H2,1H3. The van der Waals surface area contributed by atoms with Gasteiger partial charge >= 0.3 is 0 Å². The number of nitrogens with one attached hydrogen (secondary N) is 1. The quantitative estimate of drug-likeness (QED) is 0.761. The van der Waals surface area contributed by atoms with Crippen LogP contribution in [0.1, 0.15) is 11.3 Å². The molecule has 0 unspecified atom stereocenters. The number of halogens is 2. The van der Waals surface area contributed by atoms with Gasteiger partial charge in [-0.05, 0) is 17.7 Å². The summed E-state index contributed by atoms with van der Waals surface area (Å²) in [5, 5.41) is 4.79. The van der Waals surface area contributed by atoms with Crippen molar-refractivity contribution in [1.82, 2.24) is 10.3 Å². The Kier molecular flexibility index (Phi) is 6.04. The Morgan fingerprint density at radius 1 is 1.29 bits per heavy atom. The second-order valence-electron chi connectivity index (χ2n) is 4.33. The van der Waals surface area contributed by atoms with Crippen molar-refractivity contribution < 1.29 is 18.3 Å². The average molecular weight is 314 g/mol. The van der Waals surface area contributed by atoms with Crippen molar-refractivity contribution in [1.29, 1.82) is 0 Å². The van der Waals surface area contributed by atoms with E-state index in [9.17, 15) is 8.78 Å². The van der Waals surface area contributed by atoms with Crippen LogP contribution >= 0.6 is 11.3 Å². The fourth-order valence-corrected chi connectivity index (χ4v) is 2.26. The molecule has 0 saturated carbocycles. The van der Waals surface area contributed by atoms with E-state index in [0.717, 1.165) is 0 Å². The van der Waals surface area contributed by atoms with Gasteiger partial charge in [0.25, 0.3) is 0 Å². The molecule has 2 aromatic rings. The first kappa shape index (κ1) is 15.8. The summed E-state index contributed by atoms with van der Waals surface area (Å²) >= 11 is 1.40. The smallest absolute Gasteiger partial charge is 0.191 e. The van der Waals surface area contributed by atoms with Crippen molar-refractivity contribution in [2.75, 3.05) is 20.3 Å². The number of hydrogen-bond acceptors (Lipinski definition) is 5. The fourth-order valence-electron chi connectivity index (χ4n) is 1.71. The molecule has 4 nitrogen and oxygen atoms in total. The fraction of sp³-hybridized carbons (Fsp3) is 0.357. The predicted molar refractivity (Wildman–Crippen MR) is 76.4 cm³/mol. The van der Waals surface area contributed by atoms with Gasteiger partial charge in [-0.3, -0.25) is 0 Å². The number of nitrogens with zero attached hydrogens (tertiary/aromatic N) is 1. The van der Waals surface area contributed by atoms with Crippen molar-refractivity contribution in [2.24, 2.45) is 0 Å². The number of benzene rings is 1. The molecule has 114 valence electrons. The first-order valence-corrected chi connectivity index (χ1v) is 7.32. The maximum absolute atomic E-state index is 13.9. The Morgan fingerprint density at radius 3 is 2.67 bits per heavy atom. The molecule has 0 atom stereocenters. The summed E-state index contributed by atoms with van der Waals surface area (Å²) in [6.45, 7) is 1.56. The van der Waals surface area contributed by atoms with Crippen molar-refractivity contribution in [3.05, 3.63) is 45.9 Å². The molecule has 0 aliphatic carbocycles. The summed E-state index contributed by atoms with van der Waals surface area (Å²) in [4.78, 5) is 3.99. The normalized spacial score (nSPS) is 10.8. The van der Waals surface area contributed by atoms with Crippen molar-refractivity contribution in [3.63, 3.8) is 0 Å². The van der Waals surface area contributed by atoms with E-state index in [-0.39, 0.29) is 12.4 Å². The third kappa shape index (κ3) is 4.73. The van der Waals surface area contributed by atoms with Gasteiger partial charge in [0.05, 0.1) is 17.8 Å². The summed E-state index contributed by atoms with van der Waals surface area (Å²) in [6.07, 6.45) is 0. The van der Waals surface area contributed by atoms with E-state index >= 15 is 0 Å². The summed E-state index contributed by atoms with van der Waals surface area (Å²) in [7, 11) is 1.59. The van der Waals surface area contributed by atoms with Gasteiger partial charge < -0.3 is 14.8 Å². The highest BCUT2D eigenvalue weighted by Crippen LogP contribution is 2.24. The molecule has 2 rings (SSSR count). The van der Waals surface area contributed by atoms with Crippen LogP contribution < -0.4 is 10.1 Å². The second-order valence-corrected chi connectivity index (χ2v) is 5.05. The molecule has 0 aliphatic heterocycles. The molecule has 0 radical (unpaired) electrons. The highest BCUT2D eigenvalue weighted by Gasteiger charge is 2.13. The lowest BCUT2D eigenvalue weighted by Crippen LogP contribution is -2.18. The van der Waals surface area contributed by atoms with Gasteiger partial charge in [0.1, 0.15) is 6.61 Å². The van der Waals surface area contributed by atoms with E-state index in [1.54, 1.807) is 18.0 Å². The average Bonchev–Trinajstić information content (AvgIpc) is 2.96. The molecule has 0 bridgehead atoms. The van der Waals surface area contributed by atoms with Crippen LogP contribution in [0.25, 0.3) is 0 Å². The summed E-state index contributed by atoms with van der Waals surface area (Å²) in [5.41, 5.74) is 2.80. The molecule has 1 aromatic heterocycles. The van der Waals surface area contributed by atoms with Gasteiger partial charge in [0, 0.05) is 25.6 Å². The van der Waals surface area contributed by atoms with E-state index in [2.05, 4.69) is 10.3 Å². The van der Waals surface area contributed by atoms with Crippen LogP contribution in [0.5, 0.6) is 5.75 Å². The van der Waals surface area contributed by atoms with Gasteiger partial charge in [0.2, 0.25) is 0 Å². The van der Waals surface area contributed by atoms with Gasteiger partial charge in [-0.15, -0.1) is 11.3 Å². The van der Waals surface area contributed by atoms with Gasteiger partial charge in [-0.2, -0.15) is 0 Å². The summed E-state index contributed by atoms with van der Waals surface area (Å²) < 4.78 is 37.8. The molecular formula is C14H16F2N2O2S. The van der Waals surface area contributed by atoms with E-state index in [1.807, 2.05) is 0 Å². The maximum Gasteiger partial charge on any atom is 0.191 e. The number of hydrogen-bond donors (Lipinski definition) is 1. The zero-order valence-electron chi connectivity index (χ0n) is 11.6. The Morgan fingerprint density at radius 2 is 2.05 bits per heavy atom.